The minimum atomic E-state index is -0.713. The van der Waals surface area contributed by atoms with Gasteiger partial charge in [-0.05, 0) is 36.4 Å². The molecule has 1 aromatic heterocycles. The highest BCUT2D eigenvalue weighted by molar-refractivity contribution is 6.07. The number of esters is 2. The molecule has 0 saturated carbocycles. The predicted molar refractivity (Wildman–Crippen MR) is 118 cm³/mol. The summed E-state index contributed by atoms with van der Waals surface area (Å²) in [5, 5.41) is 4.63. The van der Waals surface area contributed by atoms with Gasteiger partial charge < -0.3 is 14.2 Å². The average molecular weight is 428 g/mol. The van der Waals surface area contributed by atoms with E-state index in [4.69, 9.17) is 14.2 Å². The molecule has 32 heavy (non-hydrogen) atoms. The lowest BCUT2D eigenvalue weighted by Gasteiger charge is -2.10. The van der Waals surface area contributed by atoms with Gasteiger partial charge in [0.15, 0.2) is 5.69 Å². The Morgan fingerprint density at radius 3 is 2.00 bits per heavy atom. The number of benzene rings is 3. The molecule has 0 aliphatic carbocycles. The average Bonchev–Trinajstić information content (AvgIpc) is 3.25. The van der Waals surface area contributed by atoms with Gasteiger partial charge in [-0.25, -0.2) is 14.3 Å². The van der Waals surface area contributed by atoms with E-state index in [1.807, 2.05) is 54.6 Å². The SMILES string of the molecule is COC(=O)c1c(-c2ccccc2Oc2ccccc2)nn(-c2ccccc2)c1C(=O)OC. The smallest absolute Gasteiger partial charge is 0.357 e. The quantitative estimate of drug-likeness (QED) is 0.406. The molecule has 1 heterocycles. The van der Waals surface area contributed by atoms with Gasteiger partial charge in [-0.15, -0.1) is 0 Å². The summed E-state index contributed by atoms with van der Waals surface area (Å²) in [6.45, 7) is 0. The first-order valence-corrected chi connectivity index (χ1v) is 9.81. The van der Waals surface area contributed by atoms with Crippen LogP contribution in [0.25, 0.3) is 16.9 Å². The van der Waals surface area contributed by atoms with Gasteiger partial charge in [-0.1, -0.05) is 48.5 Å². The summed E-state index contributed by atoms with van der Waals surface area (Å²) < 4.78 is 17.4. The van der Waals surface area contributed by atoms with E-state index in [0.717, 1.165) is 0 Å². The van der Waals surface area contributed by atoms with Crippen LogP contribution in [0.5, 0.6) is 11.5 Å². The van der Waals surface area contributed by atoms with Crippen LogP contribution >= 0.6 is 0 Å². The first-order valence-electron chi connectivity index (χ1n) is 9.81. The molecule has 0 spiro atoms. The van der Waals surface area contributed by atoms with Crippen LogP contribution in [0.2, 0.25) is 0 Å². The predicted octanol–water partition coefficient (Wildman–Crippen LogP) is 4.90. The summed E-state index contributed by atoms with van der Waals surface area (Å²) in [5.41, 5.74) is 1.32. The van der Waals surface area contributed by atoms with Crippen molar-refractivity contribution < 1.29 is 23.8 Å². The van der Waals surface area contributed by atoms with Crippen LogP contribution in [0.4, 0.5) is 0 Å². The van der Waals surface area contributed by atoms with Crippen LogP contribution in [-0.4, -0.2) is 35.9 Å². The highest BCUT2D eigenvalue weighted by Gasteiger charge is 2.32. The molecule has 4 rings (SSSR count). The number of hydrogen-bond acceptors (Lipinski definition) is 6. The van der Waals surface area contributed by atoms with Gasteiger partial charge in [0.1, 0.15) is 22.8 Å². The summed E-state index contributed by atoms with van der Waals surface area (Å²) in [7, 11) is 2.50. The second-order valence-corrected chi connectivity index (χ2v) is 6.71. The summed E-state index contributed by atoms with van der Waals surface area (Å²) in [6, 6.07) is 25.4. The van der Waals surface area contributed by atoms with Gasteiger partial charge in [0.25, 0.3) is 0 Å². The Morgan fingerprint density at radius 1 is 0.750 bits per heavy atom. The lowest BCUT2D eigenvalue weighted by molar-refractivity contribution is 0.0549. The lowest BCUT2D eigenvalue weighted by atomic mass is 10.0. The Kier molecular flexibility index (Phi) is 5.98. The van der Waals surface area contributed by atoms with E-state index in [0.29, 0.717) is 22.7 Å². The molecule has 7 nitrogen and oxygen atoms in total. The number of carbonyl (C=O) groups is 2. The highest BCUT2D eigenvalue weighted by Crippen LogP contribution is 2.36. The van der Waals surface area contributed by atoms with Gasteiger partial charge >= 0.3 is 11.9 Å². The summed E-state index contributed by atoms with van der Waals surface area (Å²) >= 11 is 0. The van der Waals surface area contributed by atoms with Gasteiger partial charge in [-0.2, -0.15) is 5.10 Å². The van der Waals surface area contributed by atoms with Gasteiger partial charge in [0.2, 0.25) is 0 Å². The maximum atomic E-state index is 12.8. The van der Waals surface area contributed by atoms with E-state index in [2.05, 4.69) is 5.10 Å². The molecule has 0 fully saturated rings. The molecule has 160 valence electrons. The Labute approximate surface area is 184 Å². The molecule has 0 aliphatic heterocycles. The number of rotatable bonds is 6. The molecule has 4 aromatic rings. The van der Waals surface area contributed by atoms with E-state index in [9.17, 15) is 9.59 Å². The first-order chi connectivity index (χ1) is 15.6. The van der Waals surface area contributed by atoms with Crippen molar-refractivity contribution in [2.45, 2.75) is 0 Å². The van der Waals surface area contributed by atoms with Crippen LogP contribution in [0.3, 0.4) is 0 Å². The van der Waals surface area contributed by atoms with Crippen molar-refractivity contribution in [3.8, 4) is 28.4 Å². The van der Waals surface area contributed by atoms with Gasteiger partial charge in [0.05, 0.1) is 19.9 Å². The van der Waals surface area contributed by atoms with E-state index in [-0.39, 0.29) is 17.0 Å². The van der Waals surface area contributed by atoms with Crippen LogP contribution in [0.15, 0.2) is 84.9 Å². The fraction of sp³-hybridized carbons (Fsp3) is 0.0800. The standard InChI is InChI=1S/C25H20N2O5/c1-30-24(28)21-22(19-15-9-10-16-20(19)32-18-13-7-4-8-14-18)26-27(23(21)25(29)31-2)17-11-5-3-6-12-17/h3-16H,1-2H3. The van der Waals surface area contributed by atoms with E-state index in [1.165, 1.54) is 18.9 Å². The minimum Gasteiger partial charge on any atom is -0.465 e. The Balaban J connectivity index is 1.97. The third kappa shape index (κ3) is 3.96. The van der Waals surface area contributed by atoms with Crippen LogP contribution in [0, 0.1) is 0 Å². The van der Waals surface area contributed by atoms with Crippen molar-refractivity contribution in [1.82, 2.24) is 9.78 Å². The summed E-state index contributed by atoms with van der Waals surface area (Å²) in [5.74, 6) is -0.334. The van der Waals surface area contributed by atoms with Gasteiger partial charge in [-0.3, -0.25) is 0 Å². The number of aromatic nitrogens is 2. The molecule has 3 aromatic carbocycles. The van der Waals surface area contributed by atoms with E-state index >= 15 is 0 Å². The highest BCUT2D eigenvalue weighted by atomic mass is 16.5. The molecule has 0 saturated heterocycles. The lowest BCUT2D eigenvalue weighted by Crippen LogP contribution is -2.15. The Bertz CT molecular complexity index is 1250. The maximum absolute atomic E-state index is 12.8. The van der Waals surface area contributed by atoms with E-state index in [1.54, 1.807) is 30.3 Å². The Hall–Kier alpha value is -4.39. The van der Waals surface area contributed by atoms with Crippen molar-refractivity contribution in [3.63, 3.8) is 0 Å². The number of ether oxygens (including phenoxy) is 3. The molecule has 0 bridgehead atoms. The van der Waals surface area contributed by atoms with Crippen molar-refractivity contribution in [3.05, 3.63) is 96.2 Å². The number of nitrogens with zero attached hydrogens (tertiary/aromatic N) is 2. The second-order valence-electron chi connectivity index (χ2n) is 6.71. The summed E-state index contributed by atoms with van der Waals surface area (Å²) in [4.78, 5) is 25.6. The zero-order valence-corrected chi connectivity index (χ0v) is 17.5. The third-order valence-electron chi connectivity index (χ3n) is 4.77. The molecule has 0 unspecified atom stereocenters. The number of para-hydroxylation sites is 3. The summed E-state index contributed by atoms with van der Waals surface area (Å²) in [6.07, 6.45) is 0. The van der Waals surface area contributed by atoms with Crippen LogP contribution in [0.1, 0.15) is 20.8 Å². The fourth-order valence-electron chi connectivity index (χ4n) is 3.31. The van der Waals surface area contributed by atoms with Crippen molar-refractivity contribution in [2.24, 2.45) is 0 Å². The molecule has 0 aliphatic rings. The molecule has 0 amide bonds. The molecule has 0 N–H and O–H groups in total. The van der Waals surface area contributed by atoms with Crippen molar-refractivity contribution in [1.29, 1.82) is 0 Å². The molecule has 0 radical (unpaired) electrons. The van der Waals surface area contributed by atoms with E-state index < -0.39 is 11.9 Å². The minimum absolute atomic E-state index is 0.00712. The monoisotopic (exact) mass is 428 g/mol. The van der Waals surface area contributed by atoms with Crippen LogP contribution in [-0.2, 0) is 9.47 Å². The third-order valence-corrected chi connectivity index (χ3v) is 4.77. The van der Waals surface area contributed by atoms with Crippen LogP contribution < -0.4 is 4.74 Å². The zero-order valence-electron chi connectivity index (χ0n) is 17.5. The number of hydrogen-bond donors (Lipinski definition) is 0. The largest absolute Gasteiger partial charge is 0.465 e. The van der Waals surface area contributed by atoms with Crippen molar-refractivity contribution in [2.75, 3.05) is 14.2 Å². The number of methoxy groups -OCH3 is 2. The molecule has 7 heteroatoms. The molecular formula is C25H20N2O5. The second kappa shape index (κ2) is 9.18. The maximum Gasteiger partial charge on any atom is 0.357 e. The van der Waals surface area contributed by atoms with Crippen molar-refractivity contribution >= 4 is 11.9 Å². The van der Waals surface area contributed by atoms with Gasteiger partial charge in [0, 0.05) is 5.56 Å². The zero-order chi connectivity index (χ0) is 22.5. The molecular weight excluding hydrogens is 408 g/mol. The first kappa shape index (κ1) is 20.9. The topological polar surface area (TPSA) is 79.7 Å². The normalized spacial score (nSPS) is 10.4. The fourth-order valence-corrected chi connectivity index (χ4v) is 3.31. The molecule has 0 atom stereocenters. The number of carbonyl (C=O) groups excluding carboxylic acids is 2. The Morgan fingerprint density at radius 2 is 1.34 bits per heavy atom.